The molecule has 0 bridgehead atoms. The summed E-state index contributed by atoms with van der Waals surface area (Å²) in [5, 5.41) is 8.76. The smallest absolute Gasteiger partial charge is 0.306 e. The Morgan fingerprint density at radius 3 is 2.40 bits per heavy atom. The molecule has 1 rings (SSSR count). The summed E-state index contributed by atoms with van der Waals surface area (Å²) in [6.07, 6.45) is 0. The molecule has 0 aliphatic heterocycles. The molecular formula is C11H12F2O2. The van der Waals surface area contributed by atoms with Crippen LogP contribution in [0, 0.1) is 17.6 Å². The van der Waals surface area contributed by atoms with Crippen molar-refractivity contribution in [1.82, 2.24) is 0 Å². The zero-order valence-corrected chi connectivity index (χ0v) is 8.50. The van der Waals surface area contributed by atoms with E-state index in [2.05, 4.69) is 0 Å². The van der Waals surface area contributed by atoms with Gasteiger partial charge >= 0.3 is 5.97 Å². The highest BCUT2D eigenvalue weighted by molar-refractivity contribution is 5.70. The maximum atomic E-state index is 13.3. The van der Waals surface area contributed by atoms with Crippen LogP contribution in [0.2, 0.25) is 0 Å². The third kappa shape index (κ3) is 2.52. The second kappa shape index (κ2) is 4.38. The van der Waals surface area contributed by atoms with E-state index in [1.165, 1.54) is 13.0 Å². The number of aliphatic carboxylic acids is 1. The van der Waals surface area contributed by atoms with Crippen LogP contribution in [-0.2, 0) is 4.79 Å². The fraction of sp³-hybridized carbons (Fsp3) is 0.364. The van der Waals surface area contributed by atoms with Crippen molar-refractivity contribution in [3.8, 4) is 0 Å². The van der Waals surface area contributed by atoms with E-state index in [0.29, 0.717) is 0 Å². The lowest BCUT2D eigenvalue weighted by molar-refractivity contribution is -0.141. The highest BCUT2D eigenvalue weighted by atomic mass is 19.1. The molecule has 0 aliphatic carbocycles. The van der Waals surface area contributed by atoms with Crippen molar-refractivity contribution >= 4 is 5.97 Å². The van der Waals surface area contributed by atoms with Gasteiger partial charge in [-0.2, -0.15) is 0 Å². The van der Waals surface area contributed by atoms with Gasteiger partial charge in [0.05, 0.1) is 5.92 Å². The molecule has 0 saturated carbocycles. The maximum Gasteiger partial charge on any atom is 0.306 e. The van der Waals surface area contributed by atoms with Crippen LogP contribution in [0.15, 0.2) is 18.2 Å². The van der Waals surface area contributed by atoms with Gasteiger partial charge in [0.2, 0.25) is 0 Å². The average molecular weight is 214 g/mol. The topological polar surface area (TPSA) is 37.3 Å². The molecule has 2 unspecified atom stereocenters. The van der Waals surface area contributed by atoms with Crippen LogP contribution in [-0.4, -0.2) is 11.1 Å². The number of benzene rings is 1. The van der Waals surface area contributed by atoms with E-state index in [1.54, 1.807) is 6.92 Å². The Hall–Kier alpha value is -1.45. The highest BCUT2D eigenvalue weighted by Gasteiger charge is 2.23. The summed E-state index contributed by atoms with van der Waals surface area (Å²) >= 11 is 0. The normalized spacial score (nSPS) is 14.7. The summed E-state index contributed by atoms with van der Waals surface area (Å²) in [4.78, 5) is 10.7. The molecule has 1 aromatic rings. The predicted molar refractivity (Wildman–Crippen MR) is 51.6 cm³/mol. The largest absolute Gasteiger partial charge is 0.481 e. The van der Waals surface area contributed by atoms with E-state index in [-0.39, 0.29) is 5.56 Å². The molecule has 0 saturated heterocycles. The van der Waals surface area contributed by atoms with E-state index < -0.39 is 29.4 Å². The first-order valence-corrected chi connectivity index (χ1v) is 4.61. The number of hydrogen-bond acceptors (Lipinski definition) is 1. The fourth-order valence-electron chi connectivity index (χ4n) is 1.35. The first-order chi connectivity index (χ1) is 6.93. The summed E-state index contributed by atoms with van der Waals surface area (Å²) in [6, 6.07) is 3.18. The molecule has 0 heterocycles. The van der Waals surface area contributed by atoms with Gasteiger partial charge in [-0.3, -0.25) is 4.79 Å². The SMILES string of the molecule is CC(C(=O)O)C(C)c1ccc(F)cc1F. The molecule has 1 N–H and O–H groups in total. The number of carbonyl (C=O) groups is 1. The molecule has 0 amide bonds. The minimum Gasteiger partial charge on any atom is -0.481 e. The summed E-state index contributed by atoms with van der Waals surface area (Å²) in [5.74, 6) is -3.54. The van der Waals surface area contributed by atoms with Crippen molar-refractivity contribution < 1.29 is 18.7 Å². The van der Waals surface area contributed by atoms with E-state index in [9.17, 15) is 13.6 Å². The lowest BCUT2D eigenvalue weighted by atomic mass is 9.89. The number of halogens is 2. The van der Waals surface area contributed by atoms with Crippen LogP contribution >= 0.6 is 0 Å². The Morgan fingerprint density at radius 1 is 1.33 bits per heavy atom. The van der Waals surface area contributed by atoms with Crippen LogP contribution in [0.25, 0.3) is 0 Å². The van der Waals surface area contributed by atoms with Crippen LogP contribution in [0.1, 0.15) is 25.3 Å². The predicted octanol–water partition coefficient (Wildman–Crippen LogP) is 2.79. The van der Waals surface area contributed by atoms with E-state index in [0.717, 1.165) is 12.1 Å². The van der Waals surface area contributed by atoms with Crippen LogP contribution in [0.5, 0.6) is 0 Å². The van der Waals surface area contributed by atoms with E-state index >= 15 is 0 Å². The molecule has 2 atom stereocenters. The first kappa shape index (κ1) is 11.6. The summed E-state index contributed by atoms with van der Waals surface area (Å²) in [5.41, 5.74) is 0.228. The van der Waals surface area contributed by atoms with Gasteiger partial charge in [-0.25, -0.2) is 8.78 Å². The van der Waals surface area contributed by atoms with Gasteiger partial charge in [-0.1, -0.05) is 19.9 Å². The van der Waals surface area contributed by atoms with Gasteiger partial charge in [0.25, 0.3) is 0 Å². The van der Waals surface area contributed by atoms with Crippen LogP contribution < -0.4 is 0 Å². The quantitative estimate of drug-likeness (QED) is 0.840. The zero-order chi connectivity index (χ0) is 11.6. The monoisotopic (exact) mass is 214 g/mol. The lowest BCUT2D eigenvalue weighted by Crippen LogP contribution is -2.17. The van der Waals surface area contributed by atoms with Gasteiger partial charge in [-0.15, -0.1) is 0 Å². The summed E-state index contributed by atoms with van der Waals surface area (Å²) in [6.45, 7) is 3.10. The lowest BCUT2D eigenvalue weighted by Gasteiger charge is -2.16. The number of carboxylic acids is 1. The van der Waals surface area contributed by atoms with Gasteiger partial charge in [0, 0.05) is 6.07 Å². The van der Waals surface area contributed by atoms with Crippen molar-refractivity contribution in [1.29, 1.82) is 0 Å². The van der Waals surface area contributed by atoms with Crippen molar-refractivity contribution in [3.05, 3.63) is 35.4 Å². The number of carboxylic acid groups (broad SMARTS) is 1. The first-order valence-electron chi connectivity index (χ1n) is 4.61. The molecule has 1 aromatic carbocycles. The Labute approximate surface area is 86.5 Å². The molecule has 4 heteroatoms. The minimum absolute atomic E-state index is 0.228. The van der Waals surface area contributed by atoms with Crippen molar-refractivity contribution in [3.63, 3.8) is 0 Å². The Kier molecular flexibility index (Phi) is 3.39. The molecule has 0 aliphatic rings. The molecule has 15 heavy (non-hydrogen) atoms. The second-order valence-electron chi connectivity index (χ2n) is 3.58. The van der Waals surface area contributed by atoms with Gasteiger partial charge in [-0.05, 0) is 17.5 Å². The second-order valence-corrected chi connectivity index (χ2v) is 3.58. The molecular weight excluding hydrogens is 202 g/mol. The van der Waals surface area contributed by atoms with Crippen LogP contribution in [0.3, 0.4) is 0 Å². The van der Waals surface area contributed by atoms with Gasteiger partial charge in [0.1, 0.15) is 11.6 Å². The molecule has 0 aromatic heterocycles. The number of rotatable bonds is 3. The molecule has 2 nitrogen and oxygen atoms in total. The van der Waals surface area contributed by atoms with Gasteiger partial charge < -0.3 is 5.11 Å². The van der Waals surface area contributed by atoms with E-state index in [4.69, 9.17) is 5.11 Å². The zero-order valence-electron chi connectivity index (χ0n) is 8.50. The van der Waals surface area contributed by atoms with E-state index in [1.807, 2.05) is 0 Å². The van der Waals surface area contributed by atoms with Crippen molar-refractivity contribution in [2.75, 3.05) is 0 Å². The molecule has 0 fully saturated rings. The van der Waals surface area contributed by atoms with Crippen LogP contribution in [0.4, 0.5) is 8.78 Å². The Balaban J connectivity index is 3.01. The average Bonchev–Trinajstić information content (AvgIpc) is 2.15. The molecule has 82 valence electrons. The van der Waals surface area contributed by atoms with Crippen molar-refractivity contribution in [2.45, 2.75) is 19.8 Å². The number of hydrogen-bond donors (Lipinski definition) is 1. The molecule has 0 spiro atoms. The summed E-state index contributed by atoms with van der Waals surface area (Å²) < 4.78 is 25.9. The minimum atomic E-state index is -0.994. The fourth-order valence-corrected chi connectivity index (χ4v) is 1.35. The third-order valence-electron chi connectivity index (χ3n) is 2.59. The van der Waals surface area contributed by atoms with Crippen molar-refractivity contribution in [2.24, 2.45) is 5.92 Å². The third-order valence-corrected chi connectivity index (χ3v) is 2.59. The molecule has 0 radical (unpaired) electrons. The maximum absolute atomic E-state index is 13.3. The van der Waals surface area contributed by atoms with Gasteiger partial charge in [0.15, 0.2) is 0 Å². The standard InChI is InChI=1S/C11H12F2O2/c1-6(7(2)11(14)15)9-4-3-8(12)5-10(9)13/h3-7H,1-2H3,(H,14,15). The highest BCUT2D eigenvalue weighted by Crippen LogP contribution is 2.26. The summed E-state index contributed by atoms with van der Waals surface area (Å²) in [7, 11) is 0. The Morgan fingerprint density at radius 2 is 1.93 bits per heavy atom. The Bertz CT molecular complexity index is 377.